The first-order valence-corrected chi connectivity index (χ1v) is 6.70. The molecule has 1 heterocycles. The van der Waals surface area contributed by atoms with Gasteiger partial charge in [-0.05, 0) is 52.2 Å². The number of pyridine rings is 1. The van der Waals surface area contributed by atoms with E-state index in [-0.39, 0.29) is 11.6 Å². The zero-order valence-electron chi connectivity index (χ0n) is 10.8. The molecule has 0 saturated heterocycles. The molecule has 0 fully saturated rings. The molecule has 0 atom stereocenters. The fourth-order valence-electron chi connectivity index (χ4n) is 1.71. The van der Waals surface area contributed by atoms with Gasteiger partial charge in [0.2, 0.25) is 0 Å². The minimum atomic E-state index is -0.557. The van der Waals surface area contributed by atoms with Crippen LogP contribution in [0.2, 0.25) is 0 Å². The van der Waals surface area contributed by atoms with Gasteiger partial charge < -0.3 is 11.1 Å². The molecule has 1 aromatic heterocycles. The standard InChI is InChI=1S/C14H13BrFN3O/c1-8-6-18-3-2-9(8)7-19-14(20)10-4-13(17)12(16)5-11(10)15/h2-6H,7,17H2,1H3,(H,19,20). The summed E-state index contributed by atoms with van der Waals surface area (Å²) < 4.78 is 13.6. The number of nitrogens with one attached hydrogen (secondary N) is 1. The van der Waals surface area contributed by atoms with Crippen molar-refractivity contribution in [2.45, 2.75) is 13.5 Å². The SMILES string of the molecule is Cc1cnccc1CNC(=O)c1cc(N)c(F)cc1Br. The number of benzene rings is 1. The summed E-state index contributed by atoms with van der Waals surface area (Å²) in [5.41, 5.74) is 7.68. The van der Waals surface area contributed by atoms with E-state index in [2.05, 4.69) is 26.2 Å². The normalized spacial score (nSPS) is 10.3. The molecule has 0 aliphatic carbocycles. The third kappa shape index (κ3) is 3.14. The number of halogens is 2. The first kappa shape index (κ1) is 14.5. The van der Waals surface area contributed by atoms with Gasteiger partial charge in [-0.25, -0.2) is 4.39 Å². The molecular weight excluding hydrogens is 325 g/mol. The van der Waals surface area contributed by atoms with Crippen molar-refractivity contribution in [2.24, 2.45) is 0 Å². The molecule has 2 aromatic rings. The van der Waals surface area contributed by atoms with Crippen LogP contribution in [0.5, 0.6) is 0 Å². The molecule has 0 unspecified atom stereocenters. The molecule has 0 bridgehead atoms. The Balaban J connectivity index is 2.13. The molecule has 0 aliphatic rings. The van der Waals surface area contributed by atoms with Gasteiger partial charge in [0.05, 0.1) is 11.3 Å². The van der Waals surface area contributed by atoms with Crippen LogP contribution in [0.3, 0.4) is 0 Å². The molecular formula is C14H13BrFN3O. The Hall–Kier alpha value is -1.95. The number of anilines is 1. The maximum Gasteiger partial charge on any atom is 0.252 e. The van der Waals surface area contributed by atoms with Crippen LogP contribution in [0.4, 0.5) is 10.1 Å². The van der Waals surface area contributed by atoms with E-state index in [0.717, 1.165) is 11.1 Å². The summed E-state index contributed by atoms with van der Waals surface area (Å²) in [6.07, 6.45) is 3.40. The number of rotatable bonds is 3. The number of carbonyl (C=O) groups excluding carboxylic acids is 1. The monoisotopic (exact) mass is 337 g/mol. The Morgan fingerprint density at radius 2 is 2.25 bits per heavy atom. The Morgan fingerprint density at radius 3 is 2.95 bits per heavy atom. The molecule has 0 radical (unpaired) electrons. The number of amides is 1. The van der Waals surface area contributed by atoms with Crippen molar-refractivity contribution in [1.82, 2.24) is 10.3 Å². The van der Waals surface area contributed by atoms with E-state index in [1.165, 1.54) is 12.1 Å². The van der Waals surface area contributed by atoms with Gasteiger partial charge in [-0.3, -0.25) is 9.78 Å². The van der Waals surface area contributed by atoms with Crippen LogP contribution in [0.1, 0.15) is 21.5 Å². The fraction of sp³-hybridized carbons (Fsp3) is 0.143. The highest BCUT2D eigenvalue weighted by Gasteiger charge is 2.13. The average molecular weight is 338 g/mol. The minimum Gasteiger partial charge on any atom is -0.396 e. The largest absolute Gasteiger partial charge is 0.396 e. The van der Waals surface area contributed by atoms with E-state index >= 15 is 0 Å². The summed E-state index contributed by atoms with van der Waals surface area (Å²) in [4.78, 5) is 16.1. The molecule has 2 rings (SSSR count). The predicted molar refractivity (Wildman–Crippen MR) is 78.7 cm³/mol. The van der Waals surface area contributed by atoms with E-state index in [1.807, 2.05) is 13.0 Å². The molecule has 0 saturated carbocycles. The number of aromatic nitrogens is 1. The summed E-state index contributed by atoms with van der Waals surface area (Å²) in [5.74, 6) is -0.877. The highest BCUT2D eigenvalue weighted by atomic mass is 79.9. The van der Waals surface area contributed by atoms with Crippen molar-refractivity contribution in [3.05, 3.63) is 57.6 Å². The molecule has 20 heavy (non-hydrogen) atoms. The lowest BCUT2D eigenvalue weighted by Crippen LogP contribution is -2.24. The van der Waals surface area contributed by atoms with Crippen molar-refractivity contribution in [3.63, 3.8) is 0 Å². The third-order valence-corrected chi connectivity index (χ3v) is 3.56. The smallest absolute Gasteiger partial charge is 0.252 e. The van der Waals surface area contributed by atoms with Crippen molar-refractivity contribution < 1.29 is 9.18 Å². The zero-order chi connectivity index (χ0) is 14.7. The molecule has 1 aromatic carbocycles. The van der Waals surface area contributed by atoms with Gasteiger partial charge in [0.25, 0.3) is 5.91 Å². The van der Waals surface area contributed by atoms with Gasteiger partial charge in [0, 0.05) is 23.4 Å². The van der Waals surface area contributed by atoms with Gasteiger partial charge in [0.15, 0.2) is 0 Å². The molecule has 1 amide bonds. The number of hydrogen-bond acceptors (Lipinski definition) is 3. The number of nitrogens with two attached hydrogens (primary N) is 1. The Labute approximate surface area is 124 Å². The topological polar surface area (TPSA) is 68.0 Å². The van der Waals surface area contributed by atoms with Crippen molar-refractivity contribution in [2.75, 3.05) is 5.73 Å². The van der Waals surface area contributed by atoms with E-state index in [0.29, 0.717) is 16.6 Å². The highest BCUT2D eigenvalue weighted by molar-refractivity contribution is 9.10. The second-order valence-electron chi connectivity index (χ2n) is 4.34. The van der Waals surface area contributed by atoms with Crippen molar-refractivity contribution >= 4 is 27.5 Å². The highest BCUT2D eigenvalue weighted by Crippen LogP contribution is 2.22. The quantitative estimate of drug-likeness (QED) is 0.846. The number of hydrogen-bond donors (Lipinski definition) is 2. The van der Waals surface area contributed by atoms with Crippen molar-refractivity contribution in [1.29, 1.82) is 0 Å². The lowest BCUT2D eigenvalue weighted by atomic mass is 10.1. The lowest BCUT2D eigenvalue weighted by molar-refractivity contribution is 0.0950. The van der Waals surface area contributed by atoms with Crippen LogP contribution < -0.4 is 11.1 Å². The van der Waals surface area contributed by atoms with Crippen LogP contribution in [-0.2, 0) is 6.54 Å². The van der Waals surface area contributed by atoms with Gasteiger partial charge in [-0.2, -0.15) is 0 Å². The second-order valence-corrected chi connectivity index (χ2v) is 5.19. The molecule has 0 spiro atoms. The number of nitrogen functional groups attached to an aromatic ring is 1. The summed E-state index contributed by atoms with van der Waals surface area (Å²) in [7, 11) is 0. The number of aryl methyl sites for hydroxylation is 1. The van der Waals surface area contributed by atoms with Crippen LogP contribution in [0.25, 0.3) is 0 Å². The van der Waals surface area contributed by atoms with Gasteiger partial charge in [-0.15, -0.1) is 0 Å². The van der Waals surface area contributed by atoms with E-state index in [1.54, 1.807) is 12.4 Å². The summed E-state index contributed by atoms with van der Waals surface area (Å²) in [6, 6.07) is 4.33. The van der Waals surface area contributed by atoms with Crippen LogP contribution in [0.15, 0.2) is 35.1 Å². The van der Waals surface area contributed by atoms with Crippen molar-refractivity contribution in [3.8, 4) is 0 Å². The zero-order valence-corrected chi connectivity index (χ0v) is 12.4. The minimum absolute atomic E-state index is 0.0570. The first-order valence-electron chi connectivity index (χ1n) is 5.91. The Kier molecular flexibility index (Phi) is 4.34. The second kappa shape index (κ2) is 6.00. The average Bonchev–Trinajstić information content (AvgIpc) is 2.41. The molecule has 104 valence electrons. The van der Waals surface area contributed by atoms with Gasteiger partial charge in [0.1, 0.15) is 5.82 Å². The lowest BCUT2D eigenvalue weighted by Gasteiger charge is -2.09. The molecule has 3 N–H and O–H groups in total. The predicted octanol–water partition coefficient (Wildman–Crippen LogP) is 2.80. The van der Waals surface area contributed by atoms with Crippen LogP contribution in [0, 0.1) is 12.7 Å². The maximum atomic E-state index is 13.2. The summed E-state index contributed by atoms with van der Waals surface area (Å²) in [5, 5.41) is 2.77. The molecule has 6 heteroatoms. The van der Waals surface area contributed by atoms with E-state index in [4.69, 9.17) is 5.73 Å². The Morgan fingerprint density at radius 1 is 1.50 bits per heavy atom. The Bertz CT molecular complexity index is 661. The molecule has 4 nitrogen and oxygen atoms in total. The number of carbonyl (C=O) groups is 1. The number of nitrogens with zero attached hydrogens (tertiary/aromatic N) is 1. The van der Waals surface area contributed by atoms with Crippen LogP contribution in [-0.4, -0.2) is 10.9 Å². The summed E-state index contributed by atoms with van der Waals surface area (Å²) >= 11 is 3.16. The van der Waals surface area contributed by atoms with Gasteiger partial charge in [-0.1, -0.05) is 0 Å². The maximum absolute atomic E-state index is 13.2. The van der Waals surface area contributed by atoms with Crippen LogP contribution >= 0.6 is 15.9 Å². The van der Waals surface area contributed by atoms with E-state index < -0.39 is 5.82 Å². The molecule has 0 aliphatic heterocycles. The first-order chi connectivity index (χ1) is 9.49. The third-order valence-electron chi connectivity index (χ3n) is 2.91. The fourth-order valence-corrected chi connectivity index (χ4v) is 2.21. The van der Waals surface area contributed by atoms with E-state index in [9.17, 15) is 9.18 Å². The van der Waals surface area contributed by atoms with Gasteiger partial charge >= 0.3 is 0 Å². The summed E-state index contributed by atoms with van der Waals surface area (Å²) in [6.45, 7) is 2.29.